The topological polar surface area (TPSA) is 20.2 Å². The average molecular weight is 361 g/mol. The summed E-state index contributed by atoms with van der Waals surface area (Å²) in [6, 6.07) is 9.50. The van der Waals surface area contributed by atoms with E-state index < -0.39 is 0 Å². The first-order valence-corrected chi connectivity index (χ1v) is 11.2. The van der Waals surface area contributed by atoms with Crippen molar-refractivity contribution in [3.05, 3.63) is 35.4 Å². The molecule has 1 saturated carbocycles. The Balaban J connectivity index is 0.000000765. The Morgan fingerprint density at radius 1 is 0.923 bits per heavy atom. The molecular formula is C25H44O. The molecule has 1 aliphatic carbocycles. The molecule has 1 aromatic rings. The largest absolute Gasteiger partial charge is 0.394 e. The van der Waals surface area contributed by atoms with Gasteiger partial charge in [-0.05, 0) is 68.4 Å². The molecule has 26 heavy (non-hydrogen) atoms. The zero-order chi connectivity index (χ0) is 19.4. The first-order valence-electron chi connectivity index (χ1n) is 11.2. The summed E-state index contributed by atoms with van der Waals surface area (Å²) in [5.41, 5.74) is 3.76. The maximum atomic E-state index is 8.06. The summed E-state index contributed by atoms with van der Waals surface area (Å²) in [5, 5.41) is 8.06. The van der Waals surface area contributed by atoms with Crippen LogP contribution in [0.15, 0.2) is 24.3 Å². The van der Waals surface area contributed by atoms with Crippen LogP contribution in [0.3, 0.4) is 0 Å². The van der Waals surface area contributed by atoms with E-state index in [1.54, 1.807) is 19.4 Å². The first kappa shape index (κ1) is 23.2. The smallest absolute Gasteiger partial charge is 0.0483 e. The molecule has 150 valence electrons. The van der Waals surface area contributed by atoms with Crippen molar-refractivity contribution in [1.82, 2.24) is 0 Å². The fourth-order valence-electron chi connectivity index (χ4n) is 3.94. The number of hydrogen-bond donors (Lipinski definition) is 1. The van der Waals surface area contributed by atoms with Gasteiger partial charge in [0.25, 0.3) is 0 Å². The van der Waals surface area contributed by atoms with Gasteiger partial charge in [0.1, 0.15) is 0 Å². The van der Waals surface area contributed by atoms with Gasteiger partial charge >= 0.3 is 0 Å². The van der Waals surface area contributed by atoms with E-state index in [2.05, 4.69) is 45.0 Å². The predicted molar refractivity (Wildman–Crippen MR) is 116 cm³/mol. The van der Waals surface area contributed by atoms with Crippen LogP contribution in [0.1, 0.15) is 104 Å². The van der Waals surface area contributed by atoms with Crippen LogP contribution in [-0.4, -0.2) is 11.2 Å². The molecule has 1 heteroatoms. The van der Waals surface area contributed by atoms with Gasteiger partial charge < -0.3 is 5.11 Å². The van der Waals surface area contributed by atoms with E-state index in [0.717, 1.165) is 5.92 Å². The monoisotopic (exact) mass is 360 g/mol. The molecule has 1 aliphatic rings. The molecule has 2 atom stereocenters. The van der Waals surface area contributed by atoms with Gasteiger partial charge in [-0.3, -0.25) is 0 Å². The minimum absolute atomic E-state index is 0.167. The van der Waals surface area contributed by atoms with Crippen molar-refractivity contribution in [2.75, 3.05) is 0 Å². The van der Waals surface area contributed by atoms with Crippen LogP contribution in [0.25, 0.3) is 0 Å². The van der Waals surface area contributed by atoms with E-state index in [0.29, 0.717) is 5.41 Å². The zero-order valence-corrected chi connectivity index (χ0v) is 18.2. The molecule has 0 aliphatic heterocycles. The lowest BCUT2D eigenvalue weighted by Gasteiger charge is -2.14. The normalized spacial score (nSPS) is 21.4. The molecular weight excluding hydrogens is 316 g/mol. The van der Waals surface area contributed by atoms with Gasteiger partial charge in [-0.1, -0.05) is 83.6 Å². The van der Waals surface area contributed by atoms with Gasteiger partial charge in [-0.25, -0.2) is 0 Å². The number of unbranched alkanes of at least 4 members (excludes halogenated alkanes) is 5. The van der Waals surface area contributed by atoms with Crippen LogP contribution in [0.5, 0.6) is 0 Å². The standard InChI is InChI=1S/C22H36.C3H8O/c1-4-6-7-8-9-10-11-20-12-14-21(15-13-20)16-17-22(5-2)18-19(22)3;1-3(2)4/h12-15,19H,4-11,16-18H2,1-3H3;3-4H,1-2H3. The molecule has 0 radical (unpaired) electrons. The number of benzene rings is 1. The number of aryl methyl sites for hydroxylation is 2. The number of rotatable bonds is 11. The molecule has 0 heterocycles. The van der Waals surface area contributed by atoms with Crippen molar-refractivity contribution in [3.8, 4) is 0 Å². The number of hydrogen-bond acceptors (Lipinski definition) is 1. The SMILES string of the molecule is CC(C)O.CCCCCCCCc1ccc(CCC2(CC)CC2C)cc1. The molecule has 0 saturated heterocycles. The Labute approximate surface area is 163 Å². The molecule has 1 nitrogen and oxygen atoms in total. The summed E-state index contributed by atoms with van der Waals surface area (Å²) >= 11 is 0. The van der Waals surface area contributed by atoms with Crippen LogP contribution in [-0.2, 0) is 12.8 Å². The summed E-state index contributed by atoms with van der Waals surface area (Å²) in [5.74, 6) is 0.962. The Hall–Kier alpha value is -0.820. The van der Waals surface area contributed by atoms with E-state index in [1.165, 1.54) is 76.2 Å². The Morgan fingerprint density at radius 2 is 1.38 bits per heavy atom. The summed E-state index contributed by atoms with van der Waals surface area (Å²) in [6.07, 6.45) is 14.9. The van der Waals surface area contributed by atoms with Crippen molar-refractivity contribution in [2.45, 2.75) is 111 Å². The third-order valence-corrected chi connectivity index (χ3v) is 6.06. The third-order valence-electron chi connectivity index (χ3n) is 6.06. The fraction of sp³-hybridized carbons (Fsp3) is 0.760. The van der Waals surface area contributed by atoms with Crippen molar-refractivity contribution >= 4 is 0 Å². The van der Waals surface area contributed by atoms with E-state index >= 15 is 0 Å². The predicted octanol–water partition coefficient (Wildman–Crippen LogP) is 7.35. The molecule has 2 unspecified atom stereocenters. The Morgan fingerprint density at radius 3 is 1.85 bits per heavy atom. The second-order valence-corrected chi connectivity index (χ2v) is 8.75. The van der Waals surface area contributed by atoms with Gasteiger partial charge in [0, 0.05) is 6.10 Å². The van der Waals surface area contributed by atoms with E-state index in [4.69, 9.17) is 5.11 Å². The van der Waals surface area contributed by atoms with Gasteiger partial charge in [-0.2, -0.15) is 0 Å². The maximum absolute atomic E-state index is 8.06. The number of aliphatic hydroxyl groups is 1. The lowest BCUT2D eigenvalue weighted by Crippen LogP contribution is -2.03. The highest BCUT2D eigenvalue weighted by Crippen LogP contribution is 2.57. The van der Waals surface area contributed by atoms with Gasteiger partial charge in [-0.15, -0.1) is 0 Å². The van der Waals surface area contributed by atoms with Gasteiger partial charge in [0.2, 0.25) is 0 Å². The molecule has 0 bridgehead atoms. The fourth-order valence-corrected chi connectivity index (χ4v) is 3.94. The van der Waals surface area contributed by atoms with Crippen LogP contribution in [0.4, 0.5) is 0 Å². The quantitative estimate of drug-likeness (QED) is 0.409. The summed E-state index contributed by atoms with van der Waals surface area (Å²) in [4.78, 5) is 0. The molecule has 1 aromatic carbocycles. The second-order valence-electron chi connectivity index (χ2n) is 8.75. The van der Waals surface area contributed by atoms with Crippen molar-refractivity contribution in [3.63, 3.8) is 0 Å². The lowest BCUT2D eigenvalue weighted by molar-refractivity contribution is 0.216. The molecule has 0 amide bonds. The molecule has 0 aromatic heterocycles. The van der Waals surface area contributed by atoms with E-state index in [9.17, 15) is 0 Å². The lowest BCUT2D eigenvalue weighted by atomic mass is 9.92. The Kier molecular flexibility index (Phi) is 11.2. The summed E-state index contributed by atoms with van der Waals surface area (Å²) in [7, 11) is 0. The van der Waals surface area contributed by atoms with Crippen LogP contribution < -0.4 is 0 Å². The van der Waals surface area contributed by atoms with Gasteiger partial charge in [0.05, 0.1) is 0 Å². The minimum Gasteiger partial charge on any atom is -0.394 e. The van der Waals surface area contributed by atoms with Crippen molar-refractivity contribution in [2.24, 2.45) is 11.3 Å². The average Bonchev–Trinajstić information content (AvgIpc) is 3.27. The molecule has 2 rings (SSSR count). The minimum atomic E-state index is -0.167. The van der Waals surface area contributed by atoms with Crippen LogP contribution >= 0.6 is 0 Å². The summed E-state index contributed by atoms with van der Waals surface area (Å²) in [6.45, 7) is 10.5. The van der Waals surface area contributed by atoms with E-state index in [-0.39, 0.29) is 6.10 Å². The maximum Gasteiger partial charge on any atom is 0.0483 e. The molecule has 1 N–H and O–H groups in total. The van der Waals surface area contributed by atoms with Crippen molar-refractivity contribution in [1.29, 1.82) is 0 Å². The third kappa shape index (κ3) is 9.21. The van der Waals surface area contributed by atoms with Crippen LogP contribution in [0, 0.1) is 11.3 Å². The molecule has 1 fully saturated rings. The number of aliphatic hydroxyl groups excluding tert-OH is 1. The van der Waals surface area contributed by atoms with Crippen LogP contribution in [0.2, 0.25) is 0 Å². The molecule has 0 spiro atoms. The first-order chi connectivity index (χ1) is 12.4. The Bertz CT molecular complexity index is 455. The highest BCUT2D eigenvalue weighted by atomic mass is 16.3. The highest BCUT2D eigenvalue weighted by Gasteiger charge is 2.48. The second kappa shape index (κ2) is 12.5. The van der Waals surface area contributed by atoms with Gasteiger partial charge in [0.15, 0.2) is 0 Å². The van der Waals surface area contributed by atoms with E-state index in [1.807, 2.05) is 0 Å². The summed E-state index contributed by atoms with van der Waals surface area (Å²) < 4.78 is 0. The zero-order valence-electron chi connectivity index (χ0n) is 18.2. The highest BCUT2D eigenvalue weighted by molar-refractivity contribution is 5.23. The van der Waals surface area contributed by atoms with Crippen molar-refractivity contribution < 1.29 is 5.11 Å².